The molecule has 0 heterocycles. The van der Waals surface area contributed by atoms with Crippen LogP contribution in [0, 0.1) is 15.5 Å². The highest BCUT2D eigenvalue weighted by atomic mass is 31.2. The van der Waals surface area contributed by atoms with E-state index < -0.39 is 18.2 Å². The second-order valence-electron chi connectivity index (χ2n) is 4.19. The first-order chi connectivity index (χ1) is 8.24. The number of rotatable bonds is 5. The Balaban J connectivity index is 3.16. The van der Waals surface area contributed by atoms with Gasteiger partial charge in [0, 0.05) is 11.5 Å². The summed E-state index contributed by atoms with van der Waals surface area (Å²) in [6.07, 6.45) is 3.63. The van der Waals surface area contributed by atoms with Crippen molar-refractivity contribution in [2.24, 2.45) is 5.41 Å². The minimum Gasteiger partial charge on any atom is -0.408 e. The van der Waals surface area contributed by atoms with Crippen LogP contribution in [-0.4, -0.2) is 14.7 Å². The fraction of sp³-hybridized carbons (Fsp3) is 0.600. The van der Waals surface area contributed by atoms with E-state index in [0.29, 0.717) is 12.8 Å². The first kappa shape index (κ1) is 14.9. The Morgan fingerprint density at radius 3 is 2.39 bits per heavy atom. The van der Waals surface area contributed by atoms with Crippen LogP contribution in [-0.2, 0) is 9.09 Å². The van der Waals surface area contributed by atoms with E-state index in [9.17, 15) is 14.7 Å². The lowest BCUT2D eigenvalue weighted by Gasteiger charge is -2.34. The van der Waals surface area contributed by atoms with Gasteiger partial charge in [-0.2, -0.15) is 0 Å². The lowest BCUT2D eigenvalue weighted by molar-refractivity contribution is -0.430. The van der Waals surface area contributed by atoms with E-state index in [4.69, 9.17) is 9.79 Å². The quantitative estimate of drug-likeness (QED) is 0.453. The van der Waals surface area contributed by atoms with Gasteiger partial charge < -0.3 is 4.52 Å². The molecular weight excluding hydrogens is 261 g/mol. The van der Waals surface area contributed by atoms with E-state index in [0.717, 1.165) is 0 Å². The summed E-state index contributed by atoms with van der Waals surface area (Å²) < 4.78 is 15.6. The summed E-state index contributed by atoms with van der Waals surface area (Å²) in [5.74, 6) is 0.117. The predicted octanol–water partition coefficient (Wildman–Crippen LogP) is 2.35. The maximum Gasteiger partial charge on any atom is 0.524 e. The number of hydrogen-bond acceptors (Lipinski definition) is 4. The van der Waals surface area contributed by atoms with Gasteiger partial charge in [-0.25, -0.2) is 4.57 Å². The summed E-state index contributed by atoms with van der Waals surface area (Å²) in [6.45, 7) is 3.62. The Morgan fingerprint density at radius 2 is 2.00 bits per heavy atom. The largest absolute Gasteiger partial charge is 0.524 e. The molecule has 0 aromatic rings. The van der Waals surface area contributed by atoms with Crippen molar-refractivity contribution in [3.63, 3.8) is 0 Å². The Kier molecular flexibility index (Phi) is 4.32. The maximum absolute atomic E-state index is 10.9. The predicted molar refractivity (Wildman–Crippen MR) is 63.9 cm³/mol. The van der Waals surface area contributed by atoms with Gasteiger partial charge in [0.2, 0.25) is 5.70 Å². The average Bonchev–Trinajstić information content (AvgIpc) is 2.27. The molecule has 0 bridgehead atoms. The van der Waals surface area contributed by atoms with Crippen molar-refractivity contribution in [1.82, 2.24) is 0 Å². The molecule has 0 aliphatic heterocycles. The third kappa shape index (κ3) is 3.19. The van der Waals surface area contributed by atoms with Crippen LogP contribution in [0.3, 0.4) is 0 Å². The first-order valence-corrected chi connectivity index (χ1v) is 7.08. The number of allylic oxidation sites excluding steroid dienone is 4. The van der Waals surface area contributed by atoms with Crippen molar-refractivity contribution in [1.29, 1.82) is 0 Å². The van der Waals surface area contributed by atoms with Crippen molar-refractivity contribution in [2.45, 2.75) is 33.1 Å². The Bertz CT molecular complexity index is 445. The molecule has 8 heteroatoms. The van der Waals surface area contributed by atoms with Crippen LogP contribution in [0.2, 0.25) is 0 Å². The first-order valence-electron chi connectivity index (χ1n) is 5.55. The van der Waals surface area contributed by atoms with E-state index in [1.165, 1.54) is 12.2 Å². The fourth-order valence-corrected chi connectivity index (χ4v) is 2.58. The zero-order valence-electron chi connectivity index (χ0n) is 10.2. The molecule has 0 fully saturated rings. The van der Waals surface area contributed by atoms with Crippen molar-refractivity contribution < 1.29 is 23.8 Å². The standard InChI is InChI=1S/C10H16NO6P/c1-3-10(4-2)7-8(11(12)13)5-6-9(10)17-18(14,15)16/h5-6H,3-4,7H2,1-2H3,(H2,14,15,16). The molecule has 1 aliphatic carbocycles. The lowest BCUT2D eigenvalue weighted by Crippen LogP contribution is -2.27. The minimum absolute atomic E-state index is 0.0248. The molecule has 0 aromatic carbocycles. The summed E-state index contributed by atoms with van der Waals surface area (Å²) in [4.78, 5) is 28.0. The van der Waals surface area contributed by atoms with Gasteiger partial charge in [0.15, 0.2) is 0 Å². The third-order valence-corrected chi connectivity index (χ3v) is 3.71. The Morgan fingerprint density at radius 1 is 1.44 bits per heavy atom. The van der Waals surface area contributed by atoms with Gasteiger partial charge >= 0.3 is 7.82 Å². The molecule has 0 saturated carbocycles. The second kappa shape index (κ2) is 5.22. The molecule has 0 aromatic heterocycles. The van der Waals surface area contributed by atoms with Gasteiger partial charge in [0.05, 0.1) is 11.3 Å². The van der Waals surface area contributed by atoms with Crippen LogP contribution < -0.4 is 0 Å². The monoisotopic (exact) mass is 277 g/mol. The lowest BCUT2D eigenvalue weighted by atomic mass is 9.74. The van der Waals surface area contributed by atoms with Crippen LogP contribution in [0.4, 0.5) is 0 Å². The normalized spacial score (nSPS) is 18.9. The zero-order chi connectivity index (χ0) is 14.0. The van der Waals surface area contributed by atoms with Crippen molar-refractivity contribution in [3.8, 4) is 0 Å². The molecule has 18 heavy (non-hydrogen) atoms. The topological polar surface area (TPSA) is 110 Å². The second-order valence-corrected chi connectivity index (χ2v) is 5.36. The van der Waals surface area contributed by atoms with Gasteiger partial charge in [-0.1, -0.05) is 13.8 Å². The Labute approximate surface area is 105 Å². The van der Waals surface area contributed by atoms with Crippen LogP contribution >= 0.6 is 7.82 Å². The summed E-state index contributed by atoms with van der Waals surface area (Å²) in [5, 5.41) is 10.8. The van der Waals surface area contributed by atoms with Gasteiger partial charge in [-0.05, 0) is 18.9 Å². The van der Waals surface area contributed by atoms with Crippen LogP contribution in [0.5, 0.6) is 0 Å². The molecular formula is C10H16NO6P. The summed E-state index contributed by atoms with van der Waals surface area (Å²) in [7, 11) is -4.65. The van der Waals surface area contributed by atoms with E-state index in [-0.39, 0.29) is 17.9 Å². The summed E-state index contributed by atoms with van der Waals surface area (Å²) in [5.41, 5.74) is -0.699. The summed E-state index contributed by atoms with van der Waals surface area (Å²) >= 11 is 0. The fourth-order valence-electron chi connectivity index (χ4n) is 2.07. The molecule has 0 spiro atoms. The van der Waals surface area contributed by atoms with E-state index >= 15 is 0 Å². The van der Waals surface area contributed by atoms with Crippen LogP contribution in [0.15, 0.2) is 23.6 Å². The van der Waals surface area contributed by atoms with Gasteiger partial charge in [-0.3, -0.25) is 19.9 Å². The number of nitrogens with zero attached hydrogens (tertiary/aromatic N) is 1. The average molecular weight is 277 g/mol. The van der Waals surface area contributed by atoms with Crippen molar-refractivity contribution in [3.05, 3.63) is 33.7 Å². The molecule has 0 saturated heterocycles. The number of hydrogen-bond donors (Lipinski definition) is 2. The maximum atomic E-state index is 10.9. The molecule has 0 amide bonds. The molecule has 7 nitrogen and oxygen atoms in total. The molecule has 0 unspecified atom stereocenters. The third-order valence-electron chi connectivity index (χ3n) is 3.27. The molecule has 0 radical (unpaired) electrons. The molecule has 0 atom stereocenters. The summed E-state index contributed by atoms with van der Waals surface area (Å²) in [6, 6.07) is 0. The van der Waals surface area contributed by atoms with Crippen LogP contribution in [0.1, 0.15) is 33.1 Å². The SMILES string of the molecule is CCC1(CC)CC([N+](=O)[O-])=CC=C1OP(=O)(O)O. The van der Waals surface area contributed by atoms with Crippen molar-refractivity contribution >= 4 is 7.82 Å². The highest BCUT2D eigenvalue weighted by molar-refractivity contribution is 7.46. The molecule has 2 N–H and O–H groups in total. The molecule has 1 rings (SSSR count). The van der Waals surface area contributed by atoms with E-state index in [2.05, 4.69) is 4.52 Å². The van der Waals surface area contributed by atoms with Crippen molar-refractivity contribution in [2.75, 3.05) is 0 Å². The minimum atomic E-state index is -4.65. The van der Waals surface area contributed by atoms with Gasteiger partial charge in [0.25, 0.3) is 0 Å². The molecule has 102 valence electrons. The van der Waals surface area contributed by atoms with Gasteiger partial charge in [-0.15, -0.1) is 0 Å². The zero-order valence-corrected chi connectivity index (χ0v) is 11.1. The smallest absolute Gasteiger partial charge is 0.408 e. The van der Waals surface area contributed by atoms with Gasteiger partial charge in [0.1, 0.15) is 5.76 Å². The molecule has 1 aliphatic rings. The Hall–Kier alpha value is -1.17. The van der Waals surface area contributed by atoms with Crippen LogP contribution in [0.25, 0.3) is 0 Å². The number of phosphoric ester groups is 1. The highest BCUT2D eigenvalue weighted by Gasteiger charge is 2.41. The van der Waals surface area contributed by atoms with E-state index in [1.807, 2.05) is 13.8 Å². The number of nitro groups is 1. The highest BCUT2D eigenvalue weighted by Crippen LogP contribution is 2.51. The van der Waals surface area contributed by atoms with E-state index in [1.54, 1.807) is 0 Å². The number of phosphoric acid groups is 1.